The summed E-state index contributed by atoms with van der Waals surface area (Å²) in [5.74, 6) is 0.515. The maximum absolute atomic E-state index is 10.8. The number of carbonyl (C=O) groups excluding carboxylic acids is 1. The molecule has 4 nitrogen and oxygen atoms in total. The average molecular weight is 279 g/mol. The number of rotatable bonds is 4. The summed E-state index contributed by atoms with van der Waals surface area (Å²) in [5, 5.41) is 1.02. The highest BCUT2D eigenvalue weighted by molar-refractivity contribution is 9.10. The minimum Gasteiger partial charge on any atom is -0.469 e. The minimum atomic E-state index is -0.184. The van der Waals surface area contributed by atoms with Gasteiger partial charge >= 0.3 is 5.97 Å². The lowest BCUT2D eigenvalue weighted by molar-refractivity contribution is -0.140. The van der Waals surface area contributed by atoms with E-state index in [1.54, 1.807) is 18.1 Å². The van der Waals surface area contributed by atoms with E-state index in [4.69, 9.17) is 0 Å². The van der Waals surface area contributed by atoms with Gasteiger partial charge in [0.1, 0.15) is 9.63 Å². The molecule has 0 aliphatic carbocycles. The van der Waals surface area contributed by atoms with Crippen molar-refractivity contribution < 1.29 is 9.53 Å². The van der Waals surface area contributed by atoms with E-state index in [-0.39, 0.29) is 5.97 Å². The summed E-state index contributed by atoms with van der Waals surface area (Å²) < 4.78 is 7.27. The highest BCUT2D eigenvalue weighted by atomic mass is 79.9. The first-order valence-electron chi connectivity index (χ1n) is 4.01. The fourth-order valence-corrected chi connectivity index (χ4v) is 2.48. The van der Waals surface area contributed by atoms with Crippen LogP contribution in [0.25, 0.3) is 0 Å². The Bertz CT molecular complexity index is 308. The summed E-state index contributed by atoms with van der Waals surface area (Å²) >= 11 is 4.91. The number of carbonyl (C=O) groups is 1. The van der Waals surface area contributed by atoms with Gasteiger partial charge in [0.25, 0.3) is 0 Å². The standard InChI is InChI=1S/C8H11BrN2O2S/c1-11-5-10-7(9)8(11)14-4-3-6(12)13-2/h5H,3-4H2,1-2H3. The first-order valence-corrected chi connectivity index (χ1v) is 5.79. The summed E-state index contributed by atoms with van der Waals surface area (Å²) in [4.78, 5) is 14.9. The number of imidazole rings is 1. The van der Waals surface area contributed by atoms with Gasteiger partial charge in [-0.15, -0.1) is 11.8 Å². The van der Waals surface area contributed by atoms with Gasteiger partial charge in [0.2, 0.25) is 0 Å². The summed E-state index contributed by atoms with van der Waals surface area (Å²) in [5.41, 5.74) is 0. The van der Waals surface area contributed by atoms with Crippen molar-refractivity contribution in [3.05, 3.63) is 10.9 Å². The second-order valence-corrected chi connectivity index (χ2v) is 4.46. The molecule has 1 heterocycles. The van der Waals surface area contributed by atoms with Crippen molar-refractivity contribution in [3.8, 4) is 0 Å². The molecular formula is C8H11BrN2O2S. The van der Waals surface area contributed by atoms with E-state index in [0.29, 0.717) is 12.2 Å². The molecule has 0 unspecified atom stereocenters. The predicted octanol–water partition coefficient (Wildman–Crippen LogP) is 1.84. The predicted molar refractivity (Wildman–Crippen MR) is 58.3 cm³/mol. The van der Waals surface area contributed by atoms with Crippen LogP contribution in [-0.4, -0.2) is 28.4 Å². The van der Waals surface area contributed by atoms with Crippen LogP contribution in [0.15, 0.2) is 16.0 Å². The molecule has 0 saturated heterocycles. The lowest BCUT2D eigenvalue weighted by Gasteiger charge is -2.01. The van der Waals surface area contributed by atoms with Crippen molar-refractivity contribution in [2.45, 2.75) is 11.4 Å². The molecule has 14 heavy (non-hydrogen) atoms. The SMILES string of the molecule is COC(=O)CCSc1c(Br)ncn1C. The summed E-state index contributed by atoms with van der Waals surface area (Å²) in [6, 6.07) is 0. The molecule has 1 aromatic heterocycles. The molecule has 0 bridgehead atoms. The smallest absolute Gasteiger partial charge is 0.306 e. The van der Waals surface area contributed by atoms with Crippen LogP contribution in [0.2, 0.25) is 0 Å². The third kappa shape index (κ3) is 3.02. The van der Waals surface area contributed by atoms with Crippen LogP contribution in [-0.2, 0) is 16.6 Å². The van der Waals surface area contributed by atoms with Gasteiger partial charge in [0.15, 0.2) is 0 Å². The van der Waals surface area contributed by atoms with Gasteiger partial charge in [-0.05, 0) is 15.9 Å². The number of ether oxygens (including phenoxy) is 1. The Kier molecular flexibility index (Phi) is 4.47. The van der Waals surface area contributed by atoms with Crippen molar-refractivity contribution in [2.75, 3.05) is 12.9 Å². The lowest BCUT2D eigenvalue weighted by Crippen LogP contribution is -2.01. The molecule has 0 spiro atoms. The van der Waals surface area contributed by atoms with Crippen LogP contribution in [0.4, 0.5) is 0 Å². The quantitative estimate of drug-likeness (QED) is 0.623. The number of aromatic nitrogens is 2. The molecule has 1 aromatic rings. The van der Waals surface area contributed by atoms with Crippen LogP contribution < -0.4 is 0 Å². The van der Waals surface area contributed by atoms with Crippen molar-refractivity contribution in [2.24, 2.45) is 7.05 Å². The zero-order valence-electron chi connectivity index (χ0n) is 7.99. The van der Waals surface area contributed by atoms with Crippen molar-refractivity contribution >= 4 is 33.7 Å². The number of halogens is 1. The highest BCUT2D eigenvalue weighted by Gasteiger charge is 2.07. The Morgan fingerprint density at radius 1 is 1.79 bits per heavy atom. The lowest BCUT2D eigenvalue weighted by atomic mass is 10.5. The van der Waals surface area contributed by atoms with E-state index < -0.39 is 0 Å². The largest absolute Gasteiger partial charge is 0.469 e. The fraction of sp³-hybridized carbons (Fsp3) is 0.500. The monoisotopic (exact) mass is 278 g/mol. The molecule has 1 rings (SSSR count). The Morgan fingerprint density at radius 3 is 3.00 bits per heavy atom. The van der Waals surface area contributed by atoms with E-state index >= 15 is 0 Å². The minimum absolute atomic E-state index is 0.184. The van der Waals surface area contributed by atoms with E-state index in [2.05, 4.69) is 25.7 Å². The van der Waals surface area contributed by atoms with Crippen LogP contribution in [0.5, 0.6) is 0 Å². The van der Waals surface area contributed by atoms with Crippen molar-refractivity contribution in [1.82, 2.24) is 9.55 Å². The van der Waals surface area contributed by atoms with E-state index in [9.17, 15) is 4.79 Å². The maximum Gasteiger partial charge on any atom is 0.306 e. The van der Waals surface area contributed by atoms with E-state index in [1.807, 2.05) is 11.6 Å². The summed E-state index contributed by atoms with van der Waals surface area (Å²) in [6.07, 6.45) is 2.14. The molecule has 0 atom stereocenters. The first kappa shape index (κ1) is 11.6. The molecule has 78 valence electrons. The Morgan fingerprint density at radius 2 is 2.50 bits per heavy atom. The third-order valence-electron chi connectivity index (χ3n) is 1.61. The van der Waals surface area contributed by atoms with Gasteiger partial charge in [0, 0.05) is 12.8 Å². The van der Waals surface area contributed by atoms with Crippen LogP contribution in [0, 0.1) is 0 Å². The molecule has 0 fully saturated rings. The Hall–Kier alpha value is -0.490. The second-order valence-electron chi connectivity index (χ2n) is 2.63. The zero-order valence-corrected chi connectivity index (χ0v) is 10.4. The zero-order chi connectivity index (χ0) is 10.6. The van der Waals surface area contributed by atoms with Crippen LogP contribution >= 0.6 is 27.7 Å². The number of esters is 1. The number of aryl methyl sites for hydroxylation is 1. The maximum atomic E-state index is 10.8. The van der Waals surface area contributed by atoms with Crippen molar-refractivity contribution in [3.63, 3.8) is 0 Å². The third-order valence-corrected chi connectivity index (χ3v) is 3.62. The number of hydrogen-bond acceptors (Lipinski definition) is 4. The topological polar surface area (TPSA) is 44.1 Å². The van der Waals surface area contributed by atoms with Gasteiger partial charge in [-0.1, -0.05) is 0 Å². The normalized spacial score (nSPS) is 10.2. The molecule has 0 amide bonds. The molecule has 0 saturated carbocycles. The number of methoxy groups -OCH3 is 1. The summed E-state index contributed by atoms with van der Waals surface area (Å²) in [6.45, 7) is 0. The molecule has 0 aliphatic rings. The Balaban J connectivity index is 2.42. The molecule has 0 aromatic carbocycles. The number of hydrogen-bond donors (Lipinski definition) is 0. The van der Waals surface area contributed by atoms with E-state index in [1.165, 1.54) is 7.11 Å². The highest BCUT2D eigenvalue weighted by Crippen LogP contribution is 2.25. The summed E-state index contributed by atoms with van der Waals surface area (Å²) in [7, 11) is 3.31. The molecule has 6 heteroatoms. The van der Waals surface area contributed by atoms with Crippen molar-refractivity contribution in [1.29, 1.82) is 0 Å². The van der Waals surface area contributed by atoms with E-state index in [0.717, 1.165) is 9.63 Å². The second kappa shape index (κ2) is 5.41. The fourth-order valence-electron chi connectivity index (χ4n) is 0.885. The van der Waals surface area contributed by atoms with Gasteiger partial charge in [-0.2, -0.15) is 0 Å². The van der Waals surface area contributed by atoms with Gasteiger partial charge in [-0.3, -0.25) is 4.79 Å². The van der Waals surface area contributed by atoms with Gasteiger partial charge < -0.3 is 9.30 Å². The number of nitrogens with zero attached hydrogens (tertiary/aromatic N) is 2. The Labute approximate surface area is 95.2 Å². The van der Waals surface area contributed by atoms with Crippen LogP contribution in [0.1, 0.15) is 6.42 Å². The van der Waals surface area contributed by atoms with Gasteiger partial charge in [-0.25, -0.2) is 4.98 Å². The number of thioether (sulfide) groups is 1. The average Bonchev–Trinajstić information content (AvgIpc) is 2.48. The van der Waals surface area contributed by atoms with Gasteiger partial charge in [0.05, 0.1) is 19.9 Å². The molecule has 0 radical (unpaired) electrons. The molecule has 0 aliphatic heterocycles. The van der Waals surface area contributed by atoms with Crippen LogP contribution in [0.3, 0.4) is 0 Å². The molecular weight excluding hydrogens is 268 g/mol. The molecule has 0 N–H and O–H groups in total. The first-order chi connectivity index (χ1) is 6.65.